The highest BCUT2D eigenvalue weighted by Crippen LogP contribution is 2.22. The van der Waals surface area contributed by atoms with Crippen molar-refractivity contribution in [3.63, 3.8) is 0 Å². The second-order valence-electron chi connectivity index (χ2n) is 3.27. The van der Waals surface area contributed by atoms with Gasteiger partial charge in [0.05, 0.1) is 0 Å². The number of alkyl halides is 1. The van der Waals surface area contributed by atoms with Crippen molar-refractivity contribution in [3.05, 3.63) is 48.7 Å². The largest absolute Gasteiger partial charge is 0.487 e. The molecule has 0 saturated carbocycles. The molecule has 82 valence electrons. The molecule has 1 aromatic carbocycles. The van der Waals surface area contributed by atoms with Crippen LogP contribution >= 0.6 is 11.6 Å². The fourth-order valence-electron chi connectivity index (χ4n) is 1.46. The van der Waals surface area contributed by atoms with Crippen LogP contribution in [0.1, 0.15) is 0 Å². The van der Waals surface area contributed by atoms with Gasteiger partial charge in [0.25, 0.3) is 0 Å². The third-order valence-electron chi connectivity index (χ3n) is 2.19. The fraction of sp³-hybridized carbons (Fsp3) is 0.154. The number of para-hydroxylation sites is 1. The van der Waals surface area contributed by atoms with Gasteiger partial charge in [-0.2, -0.15) is 0 Å². The molecule has 0 aliphatic rings. The van der Waals surface area contributed by atoms with Crippen molar-refractivity contribution in [2.75, 3.05) is 12.5 Å². The van der Waals surface area contributed by atoms with Gasteiger partial charge >= 0.3 is 0 Å². The van der Waals surface area contributed by atoms with E-state index < -0.39 is 0 Å². The minimum Gasteiger partial charge on any atom is -0.487 e. The quantitative estimate of drug-likeness (QED) is 0.597. The van der Waals surface area contributed by atoms with Crippen LogP contribution in [0.4, 0.5) is 0 Å². The summed E-state index contributed by atoms with van der Waals surface area (Å²) in [4.78, 5) is 4.30. The van der Waals surface area contributed by atoms with E-state index in [0.717, 1.165) is 16.7 Å². The lowest BCUT2D eigenvalue weighted by molar-refractivity contribution is 0.366. The first-order chi connectivity index (χ1) is 7.92. The molecule has 0 atom stereocenters. The van der Waals surface area contributed by atoms with E-state index in [-0.39, 0.29) is 0 Å². The summed E-state index contributed by atoms with van der Waals surface area (Å²) in [6.07, 6.45) is 5.53. The summed E-state index contributed by atoms with van der Waals surface area (Å²) < 4.78 is 5.61. The number of benzene rings is 1. The smallest absolute Gasteiger partial charge is 0.145 e. The van der Waals surface area contributed by atoms with E-state index >= 15 is 0 Å². The van der Waals surface area contributed by atoms with Gasteiger partial charge in [0, 0.05) is 17.5 Å². The van der Waals surface area contributed by atoms with Gasteiger partial charge in [-0.15, -0.1) is 11.6 Å². The molecular formula is C13H12ClNO. The number of hydrogen-bond donors (Lipinski definition) is 0. The maximum Gasteiger partial charge on any atom is 0.145 e. The molecule has 16 heavy (non-hydrogen) atoms. The summed E-state index contributed by atoms with van der Waals surface area (Å²) in [7, 11) is 0. The monoisotopic (exact) mass is 233 g/mol. The van der Waals surface area contributed by atoms with Gasteiger partial charge in [-0.05, 0) is 12.1 Å². The number of fused-ring (bicyclic) bond motifs is 1. The standard InChI is InChI=1S/C13H12ClNO/c14-8-1-2-10-16-12-7-3-5-11-6-4-9-15-13(11)12/h1-7,9H,8,10H2. The Morgan fingerprint density at radius 2 is 2.06 bits per heavy atom. The van der Waals surface area contributed by atoms with Crippen LogP contribution in [0.25, 0.3) is 10.9 Å². The first kappa shape index (κ1) is 11.0. The molecule has 1 heterocycles. The highest BCUT2D eigenvalue weighted by molar-refractivity contribution is 6.18. The van der Waals surface area contributed by atoms with Crippen LogP contribution in [0.3, 0.4) is 0 Å². The molecule has 0 spiro atoms. The van der Waals surface area contributed by atoms with Crippen molar-refractivity contribution in [2.24, 2.45) is 0 Å². The number of nitrogens with zero attached hydrogens (tertiary/aromatic N) is 1. The van der Waals surface area contributed by atoms with Crippen LogP contribution in [0.15, 0.2) is 48.7 Å². The Balaban J connectivity index is 2.20. The maximum atomic E-state index is 5.61. The van der Waals surface area contributed by atoms with E-state index in [1.54, 1.807) is 6.20 Å². The number of hydrogen-bond acceptors (Lipinski definition) is 2. The SMILES string of the molecule is ClCC=CCOc1cccc2cccnc12. The molecule has 0 aliphatic carbocycles. The highest BCUT2D eigenvalue weighted by atomic mass is 35.5. The molecule has 2 aromatic rings. The Bertz CT molecular complexity index is 491. The van der Waals surface area contributed by atoms with Crippen molar-refractivity contribution < 1.29 is 4.74 Å². The fourth-order valence-corrected chi connectivity index (χ4v) is 1.59. The van der Waals surface area contributed by atoms with Gasteiger partial charge in [0.2, 0.25) is 0 Å². The Hall–Kier alpha value is -1.54. The molecule has 0 N–H and O–H groups in total. The summed E-state index contributed by atoms with van der Waals surface area (Å²) in [5, 5.41) is 1.08. The van der Waals surface area contributed by atoms with Crippen molar-refractivity contribution >= 4 is 22.5 Å². The molecule has 2 nitrogen and oxygen atoms in total. The van der Waals surface area contributed by atoms with Crippen LogP contribution in [-0.2, 0) is 0 Å². The summed E-state index contributed by atoms with van der Waals surface area (Å²) in [5.41, 5.74) is 0.893. The van der Waals surface area contributed by atoms with E-state index in [1.165, 1.54) is 0 Å². The van der Waals surface area contributed by atoms with E-state index in [4.69, 9.17) is 16.3 Å². The Morgan fingerprint density at radius 1 is 1.19 bits per heavy atom. The molecular weight excluding hydrogens is 222 g/mol. The molecule has 0 amide bonds. The Kier molecular flexibility index (Phi) is 3.78. The van der Waals surface area contributed by atoms with E-state index in [0.29, 0.717) is 12.5 Å². The number of halogens is 1. The first-order valence-corrected chi connectivity index (χ1v) is 5.63. The average molecular weight is 234 g/mol. The summed E-state index contributed by atoms with van der Waals surface area (Å²) in [5.74, 6) is 1.31. The zero-order chi connectivity index (χ0) is 11.2. The minimum absolute atomic E-state index is 0.511. The second-order valence-corrected chi connectivity index (χ2v) is 3.58. The second kappa shape index (κ2) is 5.52. The van der Waals surface area contributed by atoms with Gasteiger partial charge in [-0.25, -0.2) is 0 Å². The number of allylic oxidation sites excluding steroid dienone is 1. The predicted octanol–water partition coefficient (Wildman–Crippen LogP) is 3.41. The van der Waals surface area contributed by atoms with Gasteiger partial charge in [-0.1, -0.05) is 30.4 Å². The maximum absolute atomic E-state index is 5.61. The summed E-state index contributed by atoms with van der Waals surface area (Å²) >= 11 is 5.52. The third-order valence-corrected chi connectivity index (χ3v) is 2.36. The molecule has 3 heteroatoms. The van der Waals surface area contributed by atoms with Gasteiger partial charge in [0.15, 0.2) is 0 Å². The van der Waals surface area contributed by atoms with Crippen LogP contribution < -0.4 is 4.74 Å². The molecule has 0 bridgehead atoms. The van der Waals surface area contributed by atoms with Crippen molar-refractivity contribution in [3.8, 4) is 5.75 Å². The lowest BCUT2D eigenvalue weighted by Gasteiger charge is -2.05. The number of rotatable bonds is 4. The van der Waals surface area contributed by atoms with E-state index in [2.05, 4.69) is 4.98 Å². The topological polar surface area (TPSA) is 22.1 Å². The summed E-state index contributed by atoms with van der Waals surface area (Å²) in [6, 6.07) is 9.83. The molecule has 0 fully saturated rings. The lowest BCUT2D eigenvalue weighted by Crippen LogP contribution is -1.95. The molecule has 2 rings (SSSR count). The van der Waals surface area contributed by atoms with Crippen LogP contribution in [0.5, 0.6) is 5.75 Å². The molecule has 0 saturated heterocycles. The molecule has 1 aromatic heterocycles. The third kappa shape index (κ3) is 2.52. The highest BCUT2D eigenvalue weighted by Gasteiger charge is 2.00. The molecule has 0 aliphatic heterocycles. The zero-order valence-corrected chi connectivity index (χ0v) is 9.52. The molecule has 0 radical (unpaired) electrons. The zero-order valence-electron chi connectivity index (χ0n) is 8.77. The van der Waals surface area contributed by atoms with Crippen LogP contribution in [-0.4, -0.2) is 17.5 Å². The predicted molar refractivity (Wildman–Crippen MR) is 67.1 cm³/mol. The van der Waals surface area contributed by atoms with Crippen molar-refractivity contribution in [1.82, 2.24) is 4.98 Å². The van der Waals surface area contributed by atoms with Crippen LogP contribution in [0, 0.1) is 0 Å². The first-order valence-electron chi connectivity index (χ1n) is 5.09. The van der Waals surface area contributed by atoms with E-state index in [9.17, 15) is 0 Å². The van der Waals surface area contributed by atoms with Crippen molar-refractivity contribution in [2.45, 2.75) is 0 Å². The molecule has 0 unspecified atom stereocenters. The number of ether oxygens (including phenoxy) is 1. The van der Waals surface area contributed by atoms with Crippen molar-refractivity contribution in [1.29, 1.82) is 0 Å². The Labute approximate surface area is 99.5 Å². The van der Waals surface area contributed by atoms with Gasteiger partial charge < -0.3 is 4.74 Å². The number of pyridine rings is 1. The van der Waals surface area contributed by atoms with Gasteiger partial charge in [0.1, 0.15) is 17.9 Å². The average Bonchev–Trinajstić information content (AvgIpc) is 2.35. The normalized spacial score (nSPS) is 11.1. The summed E-state index contributed by atoms with van der Waals surface area (Å²) in [6.45, 7) is 0.516. The Morgan fingerprint density at radius 3 is 2.94 bits per heavy atom. The van der Waals surface area contributed by atoms with Crippen LogP contribution in [0.2, 0.25) is 0 Å². The minimum atomic E-state index is 0.511. The lowest BCUT2D eigenvalue weighted by atomic mass is 10.2. The number of aromatic nitrogens is 1. The van der Waals surface area contributed by atoms with Gasteiger partial charge in [-0.3, -0.25) is 4.98 Å². The van der Waals surface area contributed by atoms with E-state index in [1.807, 2.05) is 42.5 Å².